The zero-order valence-electron chi connectivity index (χ0n) is 9.53. The number of hydrogen-bond donors (Lipinski definition) is 0. The van der Waals surface area contributed by atoms with Crippen molar-refractivity contribution in [3.8, 4) is 0 Å². The molecule has 0 radical (unpaired) electrons. The summed E-state index contributed by atoms with van der Waals surface area (Å²) in [4.78, 5) is 8.44. The molecule has 0 saturated heterocycles. The van der Waals surface area contributed by atoms with E-state index in [-0.39, 0.29) is 0 Å². The zero-order chi connectivity index (χ0) is 11.4. The average molecular weight is 226 g/mol. The van der Waals surface area contributed by atoms with Crippen LogP contribution in [0.15, 0.2) is 29.3 Å². The SMILES string of the molecule is CN(C)C(=Nc1ccc(Cl)cc1)N(C)C. The lowest BCUT2D eigenvalue weighted by Gasteiger charge is -2.22. The van der Waals surface area contributed by atoms with Crippen LogP contribution in [0, 0.1) is 0 Å². The molecule has 0 aromatic heterocycles. The molecule has 0 aliphatic carbocycles. The van der Waals surface area contributed by atoms with Crippen molar-refractivity contribution in [3.63, 3.8) is 0 Å². The minimum atomic E-state index is 0.727. The Morgan fingerprint density at radius 1 is 1.00 bits per heavy atom. The number of benzene rings is 1. The summed E-state index contributed by atoms with van der Waals surface area (Å²) >= 11 is 5.80. The van der Waals surface area contributed by atoms with Crippen LogP contribution in [0.5, 0.6) is 0 Å². The summed E-state index contributed by atoms with van der Waals surface area (Å²) in [5, 5.41) is 0.727. The predicted octanol–water partition coefficient (Wildman–Crippen LogP) is 2.45. The van der Waals surface area contributed by atoms with Crippen molar-refractivity contribution in [1.29, 1.82) is 0 Å². The topological polar surface area (TPSA) is 18.8 Å². The molecule has 0 unspecified atom stereocenters. The molecule has 3 nitrogen and oxygen atoms in total. The Morgan fingerprint density at radius 3 is 1.87 bits per heavy atom. The minimum Gasteiger partial charge on any atom is -0.349 e. The molecule has 1 aromatic rings. The van der Waals surface area contributed by atoms with E-state index >= 15 is 0 Å². The number of rotatable bonds is 1. The van der Waals surface area contributed by atoms with Gasteiger partial charge in [0.15, 0.2) is 0 Å². The maximum absolute atomic E-state index is 5.80. The molecule has 1 aromatic carbocycles. The third kappa shape index (κ3) is 3.44. The van der Waals surface area contributed by atoms with Gasteiger partial charge in [0.1, 0.15) is 0 Å². The molecule has 0 fully saturated rings. The molecule has 0 saturated carbocycles. The molecule has 0 atom stereocenters. The zero-order valence-corrected chi connectivity index (χ0v) is 10.3. The Balaban J connectivity index is 2.97. The molecule has 0 amide bonds. The molecule has 15 heavy (non-hydrogen) atoms. The van der Waals surface area contributed by atoms with Gasteiger partial charge in [-0.05, 0) is 24.3 Å². The van der Waals surface area contributed by atoms with Crippen LogP contribution in [-0.4, -0.2) is 44.0 Å². The van der Waals surface area contributed by atoms with Gasteiger partial charge in [0.05, 0.1) is 5.69 Å². The number of guanidine groups is 1. The molecule has 4 heteroatoms. The van der Waals surface area contributed by atoms with E-state index in [1.807, 2.05) is 62.3 Å². The van der Waals surface area contributed by atoms with Crippen molar-refractivity contribution in [2.75, 3.05) is 28.2 Å². The minimum absolute atomic E-state index is 0.727. The van der Waals surface area contributed by atoms with Crippen molar-refractivity contribution in [2.24, 2.45) is 4.99 Å². The molecule has 0 bridgehead atoms. The quantitative estimate of drug-likeness (QED) is 0.540. The summed E-state index contributed by atoms with van der Waals surface area (Å²) in [6.07, 6.45) is 0. The number of halogens is 1. The van der Waals surface area contributed by atoms with Crippen molar-refractivity contribution in [2.45, 2.75) is 0 Å². The Labute approximate surface area is 96.0 Å². The van der Waals surface area contributed by atoms with Crippen molar-refractivity contribution in [3.05, 3.63) is 29.3 Å². The number of hydrogen-bond acceptors (Lipinski definition) is 1. The molecule has 0 aliphatic rings. The van der Waals surface area contributed by atoms with Gasteiger partial charge < -0.3 is 9.80 Å². The van der Waals surface area contributed by atoms with Crippen LogP contribution in [-0.2, 0) is 0 Å². The summed E-state index contributed by atoms with van der Waals surface area (Å²) < 4.78 is 0. The third-order valence-corrected chi connectivity index (χ3v) is 2.11. The van der Waals surface area contributed by atoms with E-state index in [0.29, 0.717) is 0 Å². The van der Waals surface area contributed by atoms with Gasteiger partial charge >= 0.3 is 0 Å². The van der Waals surface area contributed by atoms with Crippen LogP contribution in [0.4, 0.5) is 5.69 Å². The fourth-order valence-electron chi connectivity index (χ4n) is 1.23. The lowest BCUT2D eigenvalue weighted by molar-refractivity contribution is 0.484. The molecule has 0 aliphatic heterocycles. The second-order valence-corrected chi connectivity index (χ2v) is 4.11. The smallest absolute Gasteiger partial charge is 0.200 e. The predicted molar refractivity (Wildman–Crippen MR) is 65.9 cm³/mol. The maximum atomic E-state index is 5.80. The van der Waals surface area contributed by atoms with Crippen LogP contribution >= 0.6 is 11.6 Å². The highest BCUT2D eigenvalue weighted by molar-refractivity contribution is 6.30. The van der Waals surface area contributed by atoms with E-state index < -0.39 is 0 Å². The Bertz CT molecular complexity index is 331. The first-order valence-electron chi connectivity index (χ1n) is 4.69. The van der Waals surface area contributed by atoms with Crippen LogP contribution in [0.25, 0.3) is 0 Å². The number of aliphatic imine (C=N–C) groups is 1. The van der Waals surface area contributed by atoms with Gasteiger partial charge in [0, 0.05) is 33.2 Å². The Kier molecular flexibility index (Phi) is 3.97. The first-order valence-corrected chi connectivity index (χ1v) is 5.07. The lowest BCUT2D eigenvalue weighted by Crippen LogP contribution is -2.35. The highest BCUT2D eigenvalue weighted by atomic mass is 35.5. The highest BCUT2D eigenvalue weighted by Crippen LogP contribution is 2.16. The fourth-order valence-corrected chi connectivity index (χ4v) is 1.36. The van der Waals surface area contributed by atoms with E-state index in [1.54, 1.807) is 0 Å². The molecule has 1 rings (SSSR count). The monoisotopic (exact) mass is 225 g/mol. The summed E-state index contributed by atoms with van der Waals surface area (Å²) in [7, 11) is 7.87. The first-order chi connectivity index (χ1) is 7.00. The summed E-state index contributed by atoms with van der Waals surface area (Å²) in [5.41, 5.74) is 0.900. The van der Waals surface area contributed by atoms with Gasteiger partial charge in [-0.3, -0.25) is 0 Å². The van der Waals surface area contributed by atoms with Crippen LogP contribution in [0.3, 0.4) is 0 Å². The van der Waals surface area contributed by atoms with Gasteiger partial charge in [-0.2, -0.15) is 0 Å². The van der Waals surface area contributed by atoms with Gasteiger partial charge in [0.25, 0.3) is 0 Å². The normalized spacial score (nSPS) is 9.67. The third-order valence-electron chi connectivity index (χ3n) is 1.86. The second kappa shape index (κ2) is 5.03. The van der Waals surface area contributed by atoms with E-state index in [0.717, 1.165) is 16.7 Å². The molecular weight excluding hydrogens is 210 g/mol. The highest BCUT2D eigenvalue weighted by Gasteiger charge is 2.04. The lowest BCUT2D eigenvalue weighted by atomic mass is 10.3. The van der Waals surface area contributed by atoms with Crippen molar-refractivity contribution >= 4 is 23.2 Å². The molecule has 0 spiro atoms. The summed E-state index contributed by atoms with van der Waals surface area (Å²) in [6.45, 7) is 0. The van der Waals surface area contributed by atoms with Crippen LogP contribution < -0.4 is 0 Å². The standard InChI is InChI=1S/C11H16ClN3/c1-14(2)11(15(3)4)13-10-7-5-9(12)6-8-10/h5-8H,1-4H3. The van der Waals surface area contributed by atoms with Crippen molar-refractivity contribution < 1.29 is 0 Å². The maximum Gasteiger partial charge on any atom is 0.200 e. The van der Waals surface area contributed by atoms with E-state index in [1.165, 1.54) is 0 Å². The molecule has 82 valence electrons. The average Bonchev–Trinajstić information content (AvgIpc) is 2.15. The summed E-state index contributed by atoms with van der Waals surface area (Å²) in [6, 6.07) is 7.47. The molecule has 0 N–H and O–H groups in total. The van der Waals surface area contributed by atoms with E-state index in [9.17, 15) is 0 Å². The Hall–Kier alpha value is -1.22. The van der Waals surface area contributed by atoms with E-state index in [2.05, 4.69) is 4.99 Å². The van der Waals surface area contributed by atoms with Gasteiger partial charge in [0.2, 0.25) is 5.96 Å². The van der Waals surface area contributed by atoms with Crippen LogP contribution in [0.2, 0.25) is 5.02 Å². The van der Waals surface area contributed by atoms with Gasteiger partial charge in [-0.15, -0.1) is 0 Å². The second-order valence-electron chi connectivity index (χ2n) is 3.68. The largest absolute Gasteiger partial charge is 0.349 e. The fraction of sp³-hybridized carbons (Fsp3) is 0.364. The van der Waals surface area contributed by atoms with Gasteiger partial charge in [-0.25, -0.2) is 4.99 Å². The first kappa shape index (κ1) is 11.9. The van der Waals surface area contributed by atoms with E-state index in [4.69, 9.17) is 11.6 Å². The summed E-state index contributed by atoms with van der Waals surface area (Å²) in [5.74, 6) is 0.900. The molecule has 0 heterocycles. The molecular formula is C11H16ClN3. The number of nitrogens with zero attached hydrogens (tertiary/aromatic N) is 3. The Morgan fingerprint density at radius 2 is 1.47 bits per heavy atom. The van der Waals surface area contributed by atoms with Crippen molar-refractivity contribution in [1.82, 2.24) is 9.80 Å². The van der Waals surface area contributed by atoms with Gasteiger partial charge in [-0.1, -0.05) is 11.6 Å². The van der Waals surface area contributed by atoms with Crippen LogP contribution in [0.1, 0.15) is 0 Å².